The van der Waals surface area contributed by atoms with Crippen LogP contribution in [0.4, 0.5) is 17.1 Å². The van der Waals surface area contributed by atoms with Gasteiger partial charge in [0.25, 0.3) is 5.91 Å². The highest BCUT2D eigenvalue weighted by atomic mass is 16.1. The van der Waals surface area contributed by atoms with Gasteiger partial charge in [0.2, 0.25) is 0 Å². The first kappa shape index (κ1) is 13.9. The van der Waals surface area contributed by atoms with Gasteiger partial charge in [-0.05, 0) is 31.2 Å². The van der Waals surface area contributed by atoms with Crippen LogP contribution in [0.5, 0.6) is 0 Å². The van der Waals surface area contributed by atoms with Gasteiger partial charge < -0.3 is 16.0 Å². The molecule has 0 aliphatic carbocycles. The summed E-state index contributed by atoms with van der Waals surface area (Å²) < 4.78 is 0. The van der Waals surface area contributed by atoms with Crippen LogP contribution < -0.4 is 16.0 Å². The first-order valence-electron chi connectivity index (χ1n) is 6.28. The molecule has 0 aliphatic heterocycles. The Morgan fingerprint density at radius 2 is 2.05 bits per heavy atom. The van der Waals surface area contributed by atoms with Gasteiger partial charge in [0.05, 0.1) is 5.56 Å². The molecule has 1 heterocycles. The maximum Gasteiger partial charge on any atom is 0.259 e. The van der Waals surface area contributed by atoms with Crippen molar-refractivity contribution in [2.75, 3.05) is 30.0 Å². The molecule has 3 N–H and O–H groups in total. The number of benzene rings is 1. The minimum atomic E-state index is -0.258. The molecular weight excluding hydrogens is 252 g/mol. The van der Waals surface area contributed by atoms with Crippen molar-refractivity contribution in [1.82, 2.24) is 4.98 Å². The molecule has 5 nitrogen and oxygen atoms in total. The molecule has 0 radical (unpaired) electrons. The summed E-state index contributed by atoms with van der Waals surface area (Å²) in [5, 5.41) is 2.83. The average molecular weight is 270 g/mol. The van der Waals surface area contributed by atoms with E-state index in [0.717, 1.165) is 17.1 Å². The van der Waals surface area contributed by atoms with E-state index < -0.39 is 0 Å². The fourth-order valence-corrected chi connectivity index (χ4v) is 1.83. The minimum absolute atomic E-state index is 0.258. The van der Waals surface area contributed by atoms with E-state index in [-0.39, 0.29) is 5.91 Å². The van der Waals surface area contributed by atoms with Crippen molar-refractivity contribution in [2.45, 2.75) is 6.92 Å². The van der Waals surface area contributed by atoms with E-state index in [1.807, 2.05) is 50.2 Å². The number of carbonyl (C=O) groups is 1. The summed E-state index contributed by atoms with van der Waals surface area (Å²) >= 11 is 0. The zero-order chi connectivity index (χ0) is 14.7. The molecule has 5 heteroatoms. The summed E-state index contributed by atoms with van der Waals surface area (Å²) in [6.07, 6.45) is 1.50. The molecule has 0 aliphatic rings. The highest BCUT2D eigenvalue weighted by Gasteiger charge is 2.11. The lowest BCUT2D eigenvalue weighted by Crippen LogP contribution is -2.15. The van der Waals surface area contributed by atoms with E-state index in [4.69, 9.17) is 5.73 Å². The number of amides is 1. The van der Waals surface area contributed by atoms with Gasteiger partial charge in [-0.25, -0.2) is 0 Å². The summed E-state index contributed by atoms with van der Waals surface area (Å²) in [5.74, 6) is -0.258. The number of anilines is 3. The molecule has 104 valence electrons. The number of aryl methyl sites for hydroxylation is 1. The first-order valence-corrected chi connectivity index (χ1v) is 6.28. The van der Waals surface area contributed by atoms with E-state index in [1.165, 1.54) is 6.20 Å². The monoisotopic (exact) mass is 270 g/mol. The van der Waals surface area contributed by atoms with E-state index in [9.17, 15) is 4.79 Å². The number of nitrogen functional groups attached to an aromatic ring is 1. The second kappa shape index (κ2) is 5.61. The number of carbonyl (C=O) groups excluding carboxylic acids is 1. The molecule has 2 rings (SSSR count). The van der Waals surface area contributed by atoms with Crippen LogP contribution in [-0.2, 0) is 0 Å². The van der Waals surface area contributed by atoms with Crippen molar-refractivity contribution in [3.63, 3.8) is 0 Å². The largest absolute Gasteiger partial charge is 0.398 e. The third kappa shape index (κ3) is 3.06. The molecule has 0 saturated heterocycles. The van der Waals surface area contributed by atoms with Crippen LogP contribution >= 0.6 is 0 Å². The minimum Gasteiger partial charge on any atom is -0.398 e. The summed E-state index contributed by atoms with van der Waals surface area (Å²) in [6, 6.07) is 9.28. The molecule has 20 heavy (non-hydrogen) atoms. The number of nitrogens with zero attached hydrogens (tertiary/aromatic N) is 2. The molecule has 0 unspecified atom stereocenters. The number of nitrogens with two attached hydrogens (primary N) is 1. The Labute approximate surface area is 118 Å². The Kier molecular flexibility index (Phi) is 3.89. The standard InChI is InChI=1S/C15H18N4O/c1-10-7-14(16)13(9-17-10)15(20)18-11-5-4-6-12(8-11)19(2)3/h4-9H,1-3H3,(H2,16,17)(H,18,20). The summed E-state index contributed by atoms with van der Waals surface area (Å²) in [6.45, 7) is 1.83. The second-order valence-corrected chi connectivity index (χ2v) is 4.81. The molecular formula is C15H18N4O. The van der Waals surface area contributed by atoms with Gasteiger partial charge >= 0.3 is 0 Å². The number of pyridine rings is 1. The second-order valence-electron chi connectivity index (χ2n) is 4.81. The molecule has 2 aromatic rings. The highest BCUT2D eigenvalue weighted by Crippen LogP contribution is 2.19. The van der Waals surface area contributed by atoms with Crippen molar-refractivity contribution in [2.24, 2.45) is 0 Å². The van der Waals surface area contributed by atoms with Crippen molar-refractivity contribution in [3.8, 4) is 0 Å². The Bertz CT molecular complexity index is 638. The van der Waals surface area contributed by atoms with Gasteiger partial charge in [-0.2, -0.15) is 0 Å². The van der Waals surface area contributed by atoms with E-state index in [1.54, 1.807) is 6.07 Å². The lowest BCUT2D eigenvalue weighted by molar-refractivity contribution is 0.102. The lowest BCUT2D eigenvalue weighted by atomic mass is 10.2. The molecule has 0 fully saturated rings. The van der Waals surface area contributed by atoms with E-state index >= 15 is 0 Å². The third-order valence-electron chi connectivity index (χ3n) is 2.94. The van der Waals surface area contributed by atoms with E-state index in [2.05, 4.69) is 10.3 Å². The van der Waals surface area contributed by atoms with Crippen LogP contribution in [0.15, 0.2) is 36.5 Å². The average Bonchev–Trinajstić information content (AvgIpc) is 2.38. The SMILES string of the molecule is Cc1cc(N)c(C(=O)Nc2cccc(N(C)C)c2)cn1. The molecule has 1 aromatic heterocycles. The Morgan fingerprint density at radius 3 is 2.70 bits per heavy atom. The fourth-order valence-electron chi connectivity index (χ4n) is 1.83. The predicted molar refractivity (Wildman–Crippen MR) is 82.1 cm³/mol. The van der Waals surface area contributed by atoms with Crippen molar-refractivity contribution >= 4 is 23.0 Å². The van der Waals surface area contributed by atoms with Gasteiger partial charge in [0.15, 0.2) is 0 Å². The first-order chi connectivity index (χ1) is 9.47. The highest BCUT2D eigenvalue weighted by molar-refractivity contribution is 6.07. The van der Waals surface area contributed by atoms with Crippen LogP contribution in [0.25, 0.3) is 0 Å². The molecule has 1 amide bonds. The normalized spacial score (nSPS) is 10.2. The van der Waals surface area contributed by atoms with Crippen LogP contribution in [0, 0.1) is 6.92 Å². The number of nitrogens with one attached hydrogen (secondary N) is 1. The number of rotatable bonds is 3. The van der Waals surface area contributed by atoms with Crippen molar-refractivity contribution < 1.29 is 4.79 Å². The van der Waals surface area contributed by atoms with Gasteiger partial charge in [-0.1, -0.05) is 6.07 Å². The summed E-state index contributed by atoms with van der Waals surface area (Å²) in [7, 11) is 3.89. The Morgan fingerprint density at radius 1 is 1.30 bits per heavy atom. The predicted octanol–water partition coefficient (Wildman–Crippen LogP) is 2.29. The lowest BCUT2D eigenvalue weighted by Gasteiger charge is -2.14. The molecule has 0 saturated carbocycles. The molecule has 0 bridgehead atoms. The smallest absolute Gasteiger partial charge is 0.259 e. The van der Waals surface area contributed by atoms with Crippen molar-refractivity contribution in [1.29, 1.82) is 0 Å². The van der Waals surface area contributed by atoms with Crippen LogP contribution in [0.3, 0.4) is 0 Å². The maximum absolute atomic E-state index is 12.2. The summed E-state index contributed by atoms with van der Waals surface area (Å²) in [4.78, 5) is 18.3. The van der Waals surface area contributed by atoms with Gasteiger partial charge in [0.1, 0.15) is 0 Å². The fraction of sp³-hybridized carbons (Fsp3) is 0.200. The zero-order valence-electron chi connectivity index (χ0n) is 11.8. The van der Waals surface area contributed by atoms with Crippen LogP contribution in [0.2, 0.25) is 0 Å². The molecule has 1 aromatic carbocycles. The molecule has 0 atom stereocenters. The summed E-state index contributed by atoms with van der Waals surface area (Å²) in [5.41, 5.74) is 9.18. The number of hydrogen-bond acceptors (Lipinski definition) is 4. The van der Waals surface area contributed by atoms with E-state index in [0.29, 0.717) is 11.3 Å². The Hall–Kier alpha value is -2.56. The van der Waals surface area contributed by atoms with Gasteiger partial charge in [-0.3, -0.25) is 9.78 Å². The molecule has 0 spiro atoms. The van der Waals surface area contributed by atoms with Gasteiger partial charge in [0, 0.05) is 43.0 Å². The zero-order valence-corrected chi connectivity index (χ0v) is 11.8. The number of hydrogen-bond donors (Lipinski definition) is 2. The quantitative estimate of drug-likeness (QED) is 0.897. The van der Waals surface area contributed by atoms with Crippen LogP contribution in [0.1, 0.15) is 16.1 Å². The topological polar surface area (TPSA) is 71.2 Å². The Balaban J connectivity index is 2.21. The van der Waals surface area contributed by atoms with Crippen LogP contribution in [-0.4, -0.2) is 25.0 Å². The third-order valence-corrected chi connectivity index (χ3v) is 2.94. The van der Waals surface area contributed by atoms with Crippen molar-refractivity contribution in [3.05, 3.63) is 47.8 Å². The maximum atomic E-state index is 12.2. The van der Waals surface area contributed by atoms with Gasteiger partial charge in [-0.15, -0.1) is 0 Å². The number of aromatic nitrogens is 1.